The van der Waals surface area contributed by atoms with Gasteiger partial charge in [0.15, 0.2) is 0 Å². The minimum absolute atomic E-state index is 0. The van der Waals surface area contributed by atoms with Crippen LogP contribution in [0.15, 0.2) is 48.5 Å². The van der Waals surface area contributed by atoms with Gasteiger partial charge in [-0.15, -0.1) is 12.4 Å². The first-order valence-electron chi connectivity index (χ1n) is 8.14. The van der Waals surface area contributed by atoms with Crippen molar-refractivity contribution in [1.29, 1.82) is 0 Å². The highest BCUT2D eigenvalue weighted by atomic mass is 35.5. The van der Waals surface area contributed by atoms with E-state index < -0.39 is 0 Å². The zero-order valence-corrected chi connectivity index (χ0v) is 15.5. The van der Waals surface area contributed by atoms with Gasteiger partial charge < -0.3 is 21.1 Å². The molecule has 0 heterocycles. The predicted molar refractivity (Wildman–Crippen MR) is 105 cm³/mol. The second-order valence-electron chi connectivity index (χ2n) is 5.45. The molecule has 0 bridgehead atoms. The summed E-state index contributed by atoms with van der Waals surface area (Å²) < 4.78 is 5.29. The first kappa shape index (κ1) is 21.5. The molecule has 0 aliphatic heterocycles. The highest BCUT2D eigenvalue weighted by molar-refractivity contribution is 6.03. The number of rotatable bonds is 8. The lowest BCUT2D eigenvalue weighted by molar-refractivity contribution is -0.116. The SMILES string of the molecule is COc1ccccc1CCC(=O)Nc1ccccc1C(=O)NCCN.Cl. The number of amides is 2. The van der Waals surface area contributed by atoms with Crippen LogP contribution in [0.25, 0.3) is 0 Å². The molecular weight excluding hydrogens is 354 g/mol. The van der Waals surface area contributed by atoms with Gasteiger partial charge in [-0.25, -0.2) is 0 Å². The Labute approximate surface area is 159 Å². The fraction of sp³-hybridized carbons (Fsp3) is 0.263. The molecule has 7 heteroatoms. The predicted octanol–water partition coefficient (Wildman–Crippen LogP) is 2.38. The number of methoxy groups -OCH3 is 1. The van der Waals surface area contributed by atoms with Crippen LogP contribution in [-0.2, 0) is 11.2 Å². The number of anilines is 1. The highest BCUT2D eigenvalue weighted by Crippen LogP contribution is 2.20. The average Bonchev–Trinajstić information content (AvgIpc) is 2.65. The minimum Gasteiger partial charge on any atom is -0.496 e. The summed E-state index contributed by atoms with van der Waals surface area (Å²) >= 11 is 0. The number of nitrogens with one attached hydrogen (secondary N) is 2. The number of nitrogens with two attached hydrogens (primary N) is 1. The summed E-state index contributed by atoms with van der Waals surface area (Å²) in [5.74, 6) is 0.341. The third kappa shape index (κ3) is 6.06. The van der Waals surface area contributed by atoms with Crippen LogP contribution in [0.4, 0.5) is 5.69 Å². The van der Waals surface area contributed by atoms with E-state index in [0.717, 1.165) is 11.3 Å². The lowest BCUT2D eigenvalue weighted by atomic mass is 10.1. The fourth-order valence-electron chi connectivity index (χ4n) is 2.44. The topological polar surface area (TPSA) is 93.4 Å². The van der Waals surface area contributed by atoms with E-state index >= 15 is 0 Å². The van der Waals surface area contributed by atoms with Gasteiger partial charge in [0.1, 0.15) is 5.75 Å². The Hall–Kier alpha value is -2.57. The first-order valence-corrected chi connectivity index (χ1v) is 8.14. The molecule has 2 aromatic carbocycles. The van der Waals surface area contributed by atoms with E-state index in [1.165, 1.54) is 0 Å². The molecule has 2 amide bonds. The third-order valence-corrected chi connectivity index (χ3v) is 3.69. The summed E-state index contributed by atoms with van der Waals surface area (Å²) in [7, 11) is 1.61. The maximum Gasteiger partial charge on any atom is 0.253 e. The van der Waals surface area contributed by atoms with Gasteiger partial charge in [-0.3, -0.25) is 9.59 Å². The Morgan fingerprint density at radius 2 is 1.77 bits per heavy atom. The molecule has 0 saturated carbocycles. The number of hydrogen-bond donors (Lipinski definition) is 3. The quantitative estimate of drug-likeness (QED) is 0.658. The largest absolute Gasteiger partial charge is 0.496 e. The van der Waals surface area contributed by atoms with Gasteiger partial charge in [-0.05, 0) is 30.2 Å². The van der Waals surface area contributed by atoms with Crippen molar-refractivity contribution in [3.05, 3.63) is 59.7 Å². The standard InChI is InChI=1S/C19H23N3O3.ClH/c1-25-17-9-5-2-6-14(17)10-11-18(23)22-16-8-4-3-7-15(16)19(24)21-13-12-20;/h2-9H,10-13,20H2,1H3,(H,21,24)(H,22,23);1H. The van der Waals surface area contributed by atoms with E-state index in [9.17, 15) is 9.59 Å². The third-order valence-electron chi connectivity index (χ3n) is 3.69. The summed E-state index contributed by atoms with van der Waals surface area (Å²) in [6, 6.07) is 14.5. The number of carbonyl (C=O) groups excluding carboxylic acids is 2. The van der Waals surface area contributed by atoms with E-state index in [4.69, 9.17) is 10.5 Å². The van der Waals surface area contributed by atoms with E-state index in [2.05, 4.69) is 10.6 Å². The molecule has 0 aromatic heterocycles. The first-order chi connectivity index (χ1) is 12.2. The van der Waals surface area contributed by atoms with E-state index in [1.807, 2.05) is 24.3 Å². The zero-order valence-electron chi connectivity index (χ0n) is 14.7. The molecule has 6 nitrogen and oxygen atoms in total. The van der Waals surface area contributed by atoms with Crippen LogP contribution in [-0.4, -0.2) is 32.0 Å². The van der Waals surface area contributed by atoms with Crippen molar-refractivity contribution in [2.45, 2.75) is 12.8 Å². The van der Waals surface area contributed by atoms with E-state index in [0.29, 0.717) is 37.2 Å². The monoisotopic (exact) mass is 377 g/mol. The van der Waals surface area contributed by atoms with Gasteiger partial charge in [-0.1, -0.05) is 30.3 Å². The second kappa shape index (κ2) is 11.1. The zero-order chi connectivity index (χ0) is 18.1. The normalized spacial score (nSPS) is 9.77. The van der Waals surface area contributed by atoms with Crippen LogP contribution in [0.1, 0.15) is 22.3 Å². The summed E-state index contributed by atoms with van der Waals surface area (Å²) in [6.45, 7) is 0.744. The van der Waals surface area contributed by atoms with Crippen molar-refractivity contribution in [3.63, 3.8) is 0 Å². The Bertz CT molecular complexity index is 737. The van der Waals surface area contributed by atoms with Crippen molar-refractivity contribution >= 4 is 29.9 Å². The van der Waals surface area contributed by atoms with Crippen LogP contribution >= 0.6 is 12.4 Å². The molecule has 0 fully saturated rings. The fourth-order valence-corrected chi connectivity index (χ4v) is 2.44. The number of hydrogen-bond acceptors (Lipinski definition) is 4. The van der Waals surface area contributed by atoms with E-state index in [1.54, 1.807) is 31.4 Å². The molecule has 140 valence electrons. The summed E-state index contributed by atoms with van der Waals surface area (Å²) in [5.41, 5.74) is 7.27. The second-order valence-corrected chi connectivity index (χ2v) is 5.45. The van der Waals surface area contributed by atoms with Crippen LogP contribution in [0.3, 0.4) is 0 Å². The van der Waals surface area contributed by atoms with Crippen molar-refractivity contribution in [2.75, 3.05) is 25.5 Å². The highest BCUT2D eigenvalue weighted by Gasteiger charge is 2.13. The molecule has 0 aliphatic rings. The number of ether oxygens (including phenoxy) is 1. The molecule has 0 atom stereocenters. The van der Waals surface area contributed by atoms with Gasteiger partial charge in [0.25, 0.3) is 5.91 Å². The number of carbonyl (C=O) groups is 2. The lowest BCUT2D eigenvalue weighted by Crippen LogP contribution is -2.30. The molecule has 0 saturated heterocycles. The average molecular weight is 378 g/mol. The van der Waals surface area contributed by atoms with Crippen molar-refractivity contribution in [1.82, 2.24) is 5.32 Å². The van der Waals surface area contributed by atoms with Gasteiger partial charge in [0.05, 0.1) is 18.4 Å². The Kier molecular flexibility index (Phi) is 9.19. The lowest BCUT2D eigenvalue weighted by Gasteiger charge is -2.12. The molecule has 0 unspecified atom stereocenters. The van der Waals surface area contributed by atoms with Gasteiger partial charge in [-0.2, -0.15) is 0 Å². The van der Waals surface area contributed by atoms with Gasteiger partial charge in [0.2, 0.25) is 5.91 Å². The summed E-state index contributed by atoms with van der Waals surface area (Å²) in [4.78, 5) is 24.4. The molecule has 26 heavy (non-hydrogen) atoms. The van der Waals surface area contributed by atoms with Crippen LogP contribution < -0.4 is 21.1 Å². The Morgan fingerprint density at radius 1 is 1.08 bits per heavy atom. The molecule has 0 aliphatic carbocycles. The summed E-state index contributed by atoms with van der Waals surface area (Å²) in [6.07, 6.45) is 0.844. The van der Waals surface area contributed by atoms with E-state index in [-0.39, 0.29) is 24.2 Å². The van der Waals surface area contributed by atoms with Gasteiger partial charge >= 0.3 is 0 Å². The summed E-state index contributed by atoms with van der Waals surface area (Å²) in [5, 5.41) is 5.51. The molecule has 2 rings (SSSR count). The Balaban J connectivity index is 0.00000338. The van der Waals surface area contributed by atoms with Crippen molar-refractivity contribution in [3.8, 4) is 5.75 Å². The molecule has 2 aromatic rings. The maximum atomic E-state index is 12.3. The van der Waals surface area contributed by atoms with Gasteiger partial charge in [0, 0.05) is 19.5 Å². The van der Waals surface area contributed by atoms with Crippen LogP contribution in [0, 0.1) is 0 Å². The number of para-hydroxylation sites is 2. The number of halogens is 1. The number of aryl methyl sites for hydroxylation is 1. The van der Waals surface area contributed by atoms with Crippen LogP contribution in [0.5, 0.6) is 5.75 Å². The maximum absolute atomic E-state index is 12.3. The molecular formula is C19H24ClN3O3. The van der Waals surface area contributed by atoms with Crippen molar-refractivity contribution in [2.24, 2.45) is 5.73 Å². The minimum atomic E-state index is -0.258. The van der Waals surface area contributed by atoms with Crippen LogP contribution in [0.2, 0.25) is 0 Å². The number of benzene rings is 2. The smallest absolute Gasteiger partial charge is 0.253 e. The molecule has 0 radical (unpaired) electrons. The molecule has 0 spiro atoms. The molecule has 4 N–H and O–H groups in total. The van der Waals surface area contributed by atoms with Crippen molar-refractivity contribution < 1.29 is 14.3 Å². The Morgan fingerprint density at radius 3 is 2.50 bits per heavy atom.